The highest BCUT2D eigenvalue weighted by atomic mass is 16.5. The molecule has 1 N–H and O–H groups in total. The molecule has 0 aliphatic carbocycles. The molecule has 5 heteroatoms. The molecular weight excluding hydrogens is 326 g/mol. The summed E-state index contributed by atoms with van der Waals surface area (Å²) in [6.07, 6.45) is 1.69. The van der Waals surface area contributed by atoms with E-state index in [1.54, 1.807) is 13.2 Å². The molecule has 0 aliphatic heterocycles. The number of aromatic nitrogens is 2. The predicted octanol–water partition coefficient (Wildman–Crippen LogP) is 3.69. The molecular formula is C21H23N3O2. The molecule has 0 bridgehead atoms. The molecule has 0 saturated heterocycles. The van der Waals surface area contributed by atoms with Gasteiger partial charge in [0.05, 0.1) is 29.5 Å². The minimum absolute atomic E-state index is 0.130. The fraction of sp³-hybridized carbons (Fsp3) is 0.286. The number of carbonyl (C=O) groups excluding carboxylic acids is 1. The van der Waals surface area contributed by atoms with Crippen LogP contribution in [0.3, 0.4) is 0 Å². The summed E-state index contributed by atoms with van der Waals surface area (Å²) in [5, 5.41) is 2.94. The van der Waals surface area contributed by atoms with Crippen LogP contribution in [-0.4, -0.2) is 23.0 Å². The third-order valence-corrected chi connectivity index (χ3v) is 4.34. The molecule has 0 spiro atoms. The Morgan fingerprint density at radius 3 is 2.42 bits per heavy atom. The normalized spacial score (nSPS) is 10.7. The van der Waals surface area contributed by atoms with Gasteiger partial charge in [0.15, 0.2) is 0 Å². The zero-order chi connectivity index (χ0) is 18.5. The number of methoxy groups -OCH3 is 1. The van der Waals surface area contributed by atoms with Gasteiger partial charge in [-0.1, -0.05) is 26.0 Å². The van der Waals surface area contributed by atoms with E-state index in [0.29, 0.717) is 12.1 Å². The first kappa shape index (κ1) is 17.9. The predicted molar refractivity (Wildman–Crippen MR) is 102 cm³/mol. The van der Waals surface area contributed by atoms with E-state index >= 15 is 0 Å². The van der Waals surface area contributed by atoms with Gasteiger partial charge in [-0.2, -0.15) is 0 Å². The molecule has 1 aromatic heterocycles. The van der Waals surface area contributed by atoms with Gasteiger partial charge < -0.3 is 10.1 Å². The van der Waals surface area contributed by atoms with Gasteiger partial charge in [0.2, 0.25) is 0 Å². The highest BCUT2D eigenvalue weighted by molar-refractivity contribution is 5.97. The van der Waals surface area contributed by atoms with Gasteiger partial charge >= 0.3 is 0 Å². The van der Waals surface area contributed by atoms with E-state index < -0.39 is 0 Å². The van der Waals surface area contributed by atoms with Gasteiger partial charge in [-0.3, -0.25) is 4.79 Å². The molecule has 3 rings (SSSR count). The van der Waals surface area contributed by atoms with Crippen molar-refractivity contribution in [2.24, 2.45) is 0 Å². The number of aryl methyl sites for hydroxylation is 2. The molecule has 5 nitrogen and oxygen atoms in total. The quantitative estimate of drug-likeness (QED) is 0.737. The lowest BCUT2D eigenvalue weighted by Gasteiger charge is -2.09. The van der Waals surface area contributed by atoms with Crippen LogP contribution >= 0.6 is 0 Å². The second-order valence-electron chi connectivity index (χ2n) is 6.06. The molecule has 1 amide bonds. The number of hydrogen-bond donors (Lipinski definition) is 1. The summed E-state index contributed by atoms with van der Waals surface area (Å²) in [4.78, 5) is 21.9. The average Bonchev–Trinajstić information content (AvgIpc) is 2.70. The fourth-order valence-corrected chi connectivity index (χ4v) is 2.90. The van der Waals surface area contributed by atoms with Gasteiger partial charge in [-0.25, -0.2) is 9.97 Å². The summed E-state index contributed by atoms with van der Waals surface area (Å²) in [5.74, 6) is 0.644. The maximum absolute atomic E-state index is 12.5. The summed E-state index contributed by atoms with van der Waals surface area (Å²) in [5.41, 5.74) is 5.17. The van der Waals surface area contributed by atoms with Gasteiger partial charge in [-0.05, 0) is 48.7 Å². The summed E-state index contributed by atoms with van der Waals surface area (Å²) in [6, 6.07) is 13.1. The first-order valence-corrected chi connectivity index (χ1v) is 8.85. The lowest BCUT2D eigenvalue weighted by molar-refractivity contribution is 0.0951. The number of benzene rings is 2. The molecule has 0 atom stereocenters. The molecule has 1 heterocycles. The van der Waals surface area contributed by atoms with Crippen LogP contribution in [0.5, 0.6) is 5.75 Å². The largest absolute Gasteiger partial charge is 0.497 e. The van der Waals surface area contributed by atoms with E-state index in [2.05, 4.69) is 29.1 Å². The number of amides is 1. The Labute approximate surface area is 153 Å². The molecule has 0 radical (unpaired) electrons. The highest BCUT2D eigenvalue weighted by Gasteiger charge is 2.10. The number of rotatable bonds is 6. The van der Waals surface area contributed by atoms with Crippen molar-refractivity contribution in [3.05, 3.63) is 65.0 Å². The number of hydrogen-bond acceptors (Lipinski definition) is 4. The Bertz CT molecular complexity index is 938. The highest BCUT2D eigenvalue weighted by Crippen LogP contribution is 2.17. The monoisotopic (exact) mass is 349 g/mol. The van der Waals surface area contributed by atoms with Crippen molar-refractivity contribution in [1.29, 1.82) is 0 Å². The van der Waals surface area contributed by atoms with Crippen molar-refractivity contribution < 1.29 is 9.53 Å². The molecule has 0 saturated carbocycles. The van der Waals surface area contributed by atoms with Crippen LogP contribution in [0.4, 0.5) is 0 Å². The average molecular weight is 349 g/mol. The van der Waals surface area contributed by atoms with Crippen molar-refractivity contribution in [2.75, 3.05) is 7.11 Å². The maximum Gasteiger partial charge on any atom is 0.251 e. The Morgan fingerprint density at radius 1 is 1.00 bits per heavy atom. The summed E-state index contributed by atoms with van der Waals surface area (Å²) >= 11 is 0. The number of ether oxygens (including phenoxy) is 1. The maximum atomic E-state index is 12.5. The second-order valence-corrected chi connectivity index (χ2v) is 6.06. The van der Waals surface area contributed by atoms with Crippen LogP contribution < -0.4 is 10.1 Å². The molecule has 2 aromatic carbocycles. The lowest BCUT2D eigenvalue weighted by Crippen LogP contribution is -2.22. The number of nitrogens with one attached hydrogen (secondary N) is 1. The van der Waals surface area contributed by atoms with Crippen LogP contribution in [0, 0.1) is 0 Å². The summed E-state index contributed by atoms with van der Waals surface area (Å²) in [7, 11) is 1.63. The van der Waals surface area contributed by atoms with Crippen LogP contribution in [0.15, 0.2) is 42.5 Å². The van der Waals surface area contributed by atoms with E-state index in [1.165, 1.54) is 0 Å². The van der Waals surface area contributed by atoms with E-state index in [0.717, 1.165) is 46.6 Å². The number of fused-ring (bicyclic) bond motifs is 1. The molecule has 0 aliphatic rings. The first-order valence-electron chi connectivity index (χ1n) is 8.85. The lowest BCUT2D eigenvalue weighted by atomic mass is 10.1. The van der Waals surface area contributed by atoms with Gasteiger partial charge in [0.25, 0.3) is 5.91 Å². The van der Waals surface area contributed by atoms with Crippen molar-refractivity contribution in [2.45, 2.75) is 33.2 Å². The van der Waals surface area contributed by atoms with Crippen molar-refractivity contribution in [3.8, 4) is 5.75 Å². The Balaban J connectivity index is 1.79. The Morgan fingerprint density at radius 2 is 1.73 bits per heavy atom. The molecule has 26 heavy (non-hydrogen) atoms. The van der Waals surface area contributed by atoms with Crippen LogP contribution in [-0.2, 0) is 19.4 Å². The van der Waals surface area contributed by atoms with Crippen molar-refractivity contribution in [1.82, 2.24) is 15.3 Å². The Hall–Kier alpha value is -2.95. The zero-order valence-corrected chi connectivity index (χ0v) is 15.4. The smallest absolute Gasteiger partial charge is 0.251 e. The zero-order valence-electron chi connectivity index (χ0n) is 15.4. The molecule has 3 aromatic rings. The first-order chi connectivity index (χ1) is 12.6. The minimum atomic E-state index is -0.130. The third kappa shape index (κ3) is 3.82. The number of nitrogens with zero attached hydrogens (tertiary/aromatic N) is 2. The SMILES string of the molecule is CCc1nc2ccc(C(=O)NCc3cccc(OC)c3)cc2nc1CC. The number of carbonyl (C=O) groups is 1. The van der Waals surface area contributed by atoms with E-state index in [-0.39, 0.29) is 5.91 Å². The summed E-state index contributed by atoms with van der Waals surface area (Å²) < 4.78 is 5.21. The Kier molecular flexibility index (Phi) is 5.46. The molecule has 0 fully saturated rings. The minimum Gasteiger partial charge on any atom is -0.497 e. The van der Waals surface area contributed by atoms with Crippen LogP contribution in [0.2, 0.25) is 0 Å². The van der Waals surface area contributed by atoms with Gasteiger partial charge in [-0.15, -0.1) is 0 Å². The second kappa shape index (κ2) is 7.95. The topological polar surface area (TPSA) is 64.1 Å². The van der Waals surface area contributed by atoms with Crippen LogP contribution in [0.1, 0.15) is 41.2 Å². The van der Waals surface area contributed by atoms with Crippen LogP contribution in [0.25, 0.3) is 11.0 Å². The van der Waals surface area contributed by atoms with E-state index in [4.69, 9.17) is 4.74 Å². The van der Waals surface area contributed by atoms with Crippen molar-refractivity contribution >= 4 is 16.9 Å². The van der Waals surface area contributed by atoms with Gasteiger partial charge in [0, 0.05) is 12.1 Å². The van der Waals surface area contributed by atoms with E-state index in [1.807, 2.05) is 36.4 Å². The standard InChI is InChI=1S/C21H23N3O2/c1-4-17-18(5-2)24-20-12-15(9-10-19(20)23-17)21(25)22-13-14-7-6-8-16(11-14)26-3/h6-12H,4-5,13H2,1-3H3,(H,22,25). The molecule has 134 valence electrons. The van der Waals surface area contributed by atoms with Gasteiger partial charge in [0.1, 0.15) is 5.75 Å². The fourth-order valence-electron chi connectivity index (χ4n) is 2.90. The van der Waals surface area contributed by atoms with E-state index in [9.17, 15) is 4.79 Å². The summed E-state index contributed by atoms with van der Waals surface area (Å²) in [6.45, 7) is 4.59. The third-order valence-electron chi connectivity index (χ3n) is 4.34. The molecule has 0 unspecified atom stereocenters. The van der Waals surface area contributed by atoms with Crippen molar-refractivity contribution in [3.63, 3.8) is 0 Å².